The van der Waals surface area contributed by atoms with E-state index in [1.165, 1.54) is 0 Å². The third kappa shape index (κ3) is 5.30. The van der Waals surface area contributed by atoms with Gasteiger partial charge in [0.2, 0.25) is 11.8 Å². The van der Waals surface area contributed by atoms with Crippen LogP contribution in [0.15, 0.2) is 24.3 Å². The lowest BCUT2D eigenvalue weighted by molar-refractivity contribution is -0.128. The lowest BCUT2D eigenvalue weighted by Crippen LogP contribution is -2.46. The normalized spacial score (nSPS) is 12.0. The van der Waals surface area contributed by atoms with Crippen LogP contribution in [-0.4, -0.2) is 24.4 Å². The monoisotopic (exact) mass is 277 g/mol. The Morgan fingerprint density at radius 1 is 1.20 bits per heavy atom. The molecule has 0 bridgehead atoms. The summed E-state index contributed by atoms with van der Waals surface area (Å²) in [5.41, 5.74) is 7.13. The standard InChI is InChI=1S/C15H23N3O2/c1-10(2)9-17-15(20)11(3)18-14(19)8-12-6-4-5-7-13(12)16/h4-7,10-11H,8-9,16H2,1-3H3,(H,17,20)(H,18,19). The van der Waals surface area contributed by atoms with Gasteiger partial charge >= 0.3 is 0 Å². The molecule has 110 valence electrons. The Balaban J connectivity index is 2.46. The van der Waals surface area contributed by atoms with Crippen LogP contribution in [0.25, 0.3) is 0 Å². The van der Waals surface area contributed by atoms with Crippen molar-refractivity contribution >= 4 is 17.5 Å². The highest BCUT2D eigenvalue weighted by Gasteiger charge is 2.16. The van der Waals surface area contributed by atoms with Crippen LogP contribution in [0.1, 0.15) is 26.3 Å². The molecule has 0 heterocycles. The Kier molecular flexibility index (Phi) is 6.03. The molecule has 0 radical (unpaired) electrons. The molecule has 1 unspecified atom stereocenters. The van der Waals surface area contributed by atoms with Gasteiger partial charge in [-0.25, -0.2) is 0 Å². The first-order valence-electron chi connectivity index (χ1n) is 6.80. The minimum atomic E-state index is -0.550. The molecule has 5 nitrogen and oxygen atoms in total. The predicted octanol–water partition coefficient (Wildman–Crippen LogP) is 1.09. The van der Waals surface area contributed by atoms with Gasteiger partial charge in [-0.05, 0) is 24.5 Å². The molecule has 1 aromatic rings. The zero-order valence-electron chi connectivity index (χ0n) is 12.3. The number of nitrogens with two attached hydrogens (primary N) is 1. The van der Waals surface area contributed by atoms with Gasteiger partial charge < -0.3 is 16.4 Å². The number of rotatable bonds is 6. The van der Waals surface area contributed by atoms with Crippen LogP contribution in [0.4, 0.5) is 5.69 Å². The van der Waals surface area contributed by atoms with E-state index in [-0.39, 0.29) is 18.2 Å². The molecule has 5 heteroatoms. The van der Waals surface area contributed by atoms with Crippen molar-refractivity contribution in [2.75, 3.05) is 12.3 Å². The number of carbonyl (C=O) groups is 2. The van der Waals surface area contributed by atoms with Gasteiger partial charge in [-0.15, -0.1) is 0 Å². The fraction of sp³-hybridized carbons (Fsp3) is 0.467. The second-order valence-corrected chi connectivity index (χ2v) is 5.30. The molecule has 20 heavy (non-hydrogen) atoms. The van der Waals surface area contributed by atoms with Crippen molar-refractivity contribution in [2.45, 2.75) is 33.2 Å². The van der Waals surface area contributed by atoms with Crippen LogP contribution >= 0.6 is 0 Å². The second-order valence-electron chi connectivity index (χ2n) is 5.30. The van der Waals surface area contributed by atoms with E-state index in [0.717, 1.165) is 5.56 Å². The van der Waals surface area contributed by atoms with Gasteiger partial charge in [0.05, 0.1) is 6.42 Å². The number of hydrogen-bond acceptors (Lipinski definition) is 3. The molecular formula is C15H23N3O2. The van der Waals surface area contributed by atoms with E-state index in [1.807, 2.05) is 26.0 Å². The highest BCUT2D eigenvalue weighted by Crippen LogP contribution is 2.10. The summed E-state index contributed by atoms with van der Waals surface area (Å²) in [6.45, 7) is 6.30. The SMILES string of the molecule is CC(C)CNC(=O)C(C)NC(=O)Cc1ccccc1N. The molecule has 0 saturated carbocycles. The average Bonchev–Trinajstić information content (AvgIpc) is 2.38. The molecule has 1 rings (SSSR count). The predicted molar refractivity (Wildman–Crippen MR) is 80.0 cm³/mol. The fourth-order valence-electron chi connectivity index (χ4n) is 1.68. The molecule has 4 N–H and O–H groups in total. The first-order valence-corrected chi connectivity index (χ1v) is 6.80. The summed E-state index contributed by atoms with van der Waals surface area (Å²) in [4.78, 5) is 23.6. The topological polar surface area (TPSA) is 84.2 Å². The Morgan fingerprint density at radius 3 is 2.45 bits per heavy atom. The third-order valence-corrected chi connectivity index (χ3v) is 2.86. The zero-order valence-corrected chi connectivity index (χ0v) is 12.3. The van der Waals surface area contributed by atoms with Crippen molar-refractivity contribution in [3.63, 3.8) is 0 Å². The largest absolute Gasteiger partial charge is 0.398 e. The maximum absolute atomic E-state index is 11.9. The number of amides is 2. The Hall–Kier alpha value is -2.04. The van der Waals surface area contributed by atoms with Gasteiger partial charge in [-0.2, -0.15) is 0 Å². The molecule has 0 fully saturated rings. The molecule has 1 aromatic carbocycles. The van der Waals surface area contributed by atoms with Gasteiger partial charge in [0, 0.05) is 12.2 Å². The Bertz CT molecular complexity index is 472. The Morgan fingerprint density at radius 2 is 1.85 bits per heavy atom. The van der Waals surface area contributed by atoms with Crippen LogP contribution in [0, 0.1) is 5.92 Å². The van der Waals surface area contributed by atoms with E-state index in [1.54, 1.807) is 19.1 Å². The molecule has 0 aliphatic carbocycles. The summed E-state index contributed by atoms with van der Waals surface area (Å²) < 4.78 is 0. The molecule has 0 spiro atoms. The maximum atomic E-state index is 11.9. The number of hydrogen-bond donors (Lipinski definition) is 3. The fourth-order valence-corrected chi connectivity index (χ4v) is 1.68. The van der Waals surface area contributed by atoms with Crippen molar-refractivity contribution in [3.05, 3.63) is 29.8 Å². The van der Waals surface area contributed by atoms with Gasteiger partial charge in [-0.3, -0.25) is 9.59 Å². The Labute approximate surface area is 119 Å². The minimum Gasteiger partial charge on any atom is -0.398 e. The number of nitrogen functional groups attached to an aromatic ring is 1. The van der Waals surface area contributed by atoms with Gasteiger partial charge in [-0.1, -0.05) is 32.0 Å². The lowest BCUT2D eigenvalue weighted by atomic mass is 10.1. The summed E-state index contributed by atoms with van der Waals surface area (Å²) in [5.74, 6) is -0.00542. The molecule has 1 atom stereocenters. The maximum Gasteiger partial charge on any atom is 0.242 e. The number of benzene rings is 1. The van der Waals surface area contributed by atoms with E-state index < -0.39 is 6.04 Å². The second kappa shape index (κ2) is 7.53. The average molecular weight is 277 g/mol. The van der Waals surface area contributed by atoms with E-state index in [2.05, 4.69) is 10.6 Å². The first-order chi connectivity index (χ1) is 9.40. The third-order valence-electron chi connectivity index (χ3n) is 2.86. The summed E-state index contributed by atoms with van der Waals surface area (Å²) in [6.07, 6.45) is 0.175. The van der Waals surface area contributed by atoms with Crippen molar-refractivity contribution in [3.8, 4) is 0 Å². The summed E-state index contributed by atoms with van der Waals surface area (Å²) >= 11 is 0. The van der Waals surface area contributed by atoms with E-state index >= 15 is 0 Å². The summed E-state index contributed by atoms with van der Waals surface area (Å²) in [7, 11) is 0. The number of carbonyl (C=O) groups excluding carboxylic acids is 2. The first kappa shape index (κ1) is 16.0. The lowest BCUT2D eigenvalue weighted by Gasteiger charge is -2.15. The highest BCUT2D eigenvalue weighted by atomic mass is 16.2. The molecule has 0 saturated heterocycles. The quantitative estimate of drug-likeness (QED) is 0.680. The van der Waals surface area contributed by atoms with Gasteiger partial charge in [0.15, 0.2) is 0 Å². The van der Waals surface area contributed by atoms with Crippen molar-refractivity contribution < 1.29 is 9.59 Å². The number of nitrogens with one attached hydrogen (secondary N) is 2. The summed E-state index contributed by atoms with van der Waals surface area (Å²) in [5, 5.41) is 5.46. The van der Waals surface area contributed by atoms with E-state index in [4.69, 9.17) is 5.73 Å². The number of para-hydroxylation sites is 1. The van der Waals surface area contributed by atoms with Crippen molar-refractivity contribution in [1.82, 2.24) is 10.6 Å². The van der Waals surface area contributed by atoms with Crippen LogP contribution in [-0.2, 0) is 16.0 Å². The minimum absolute atomic E-state index is 0.173. The van der Waals surface area contributed by atoms with Crippen LogP contribution in [0.5, 0.6) is 0 Å². The van der Waals surface area contributed by atoms with Crippen LogP contribution in [0.2, 0.25) is 0 Å². The van der Waals surface area contributed by atoms with E-state index in [0.29, 0.717) is 18.2 Å². The van der Waals surface area contributed by atoms with Crippen molar-refractivity contribution in [1.29, 1.82) is 0 Å². The van der Waals surface area contributed by atoms with Crippen molar-refractivity contribution in [2.24, 2.45) is 5.92 Å². The van der Waals surface area contributed by atoms with Gasteiger partial charge in [0.25, 0.3) is 0 Å². The molecule has 2 amide bonds. The van der Waals surface area contributed by atoms with Gasteiger partial charge in [0.1, 0.15) is 6.04 Å². The molecule has 0 aromatic heterocycles. The van der Waals surface area contributed by atoms with E-state index in [9.17, 15) is 9.59 Å². The van der Waals surface area contributed by atoms with Crippen LogP contribution in [0.3, 0.4) is 0 Å². The molecule has 0 aliphatic rings. The smallest absolute Gasteiger partial charge is 0.242 e. The number of anilines is 1. The molecular weight excluding hydrogens is 254 g/mol. The molecule has 0 aliphatic heterocycles. The summed E-state index contributed by atoms with van der Waals surface area (Å²) in [6, 6.07) is 6.65. The zero-order chi connectivity index (χ0) is 15.1. The van der Waals surface area contributed by atoms with Crippen LogP contribution < -0.4 is 16.4 Å². The highest BCUT2D eigenvalue weighted by molar-refractivity contribution is 5.88.